The highest BCUT2D eigenvalue weighted by Gasteiger charge is 2.07. The van der Waals surface area contributed by atoms with E-state index in [2.05, 4.69) is 22.0 Å². The average molecular weight is 182 g/mol. The summed E-state index contributed by atoms with van der Waals surface area (Å²) in [4.78, 5) is 0. The molecule has 0 spiro atoms. The summed E-state index contributed by atoms with van der Waals surface area (Å²) in [6.45, 7) is 0. The van der Waals surface area contributed by atoms with Gasteiger partial charge in [-0.15, -0.1) is 0 Å². The van der Waals surface area contributed by atoms with Crippen molar-refractivity contribution in [1.82, 2.24) is 0 Å². The van der Waals surface area contributed by atoms with Gasteiger partial charge in [0.2, 0.25) is 0 Å². The SMILES string of the molecule is CNc1[c]c(NC)c(NC)c(F)c1. The Morgan fingerprint density at radius 2 is 1.85 bits per heavy atom. The second kappa shape index (κ2) is 3.98. The fourth-order valence-electron chi connectivity index (χ4n) is 1.12. The van der Waals surface area contributed by atoms with Gasteiger partial charge in [0.25, 0.3) is 0 Å². The van der Waals surface area contributed by atoms with Gasteiger partial charge in [-0.25, -0.2) is 4.39 Å². The van der Waals surface area contributed by atoms with Crippen molar-refractivity contribution in [2.75, 3.05) is 37.1 Å². The van der Waals surface area contributed by atoms with Crippen LogP contribution in [0.2, 0.25) is 0 Å². The van der Waals surface area contributed by atoms with Gasteiger partial charge in [-0.2, -0.15) is 0 Å². The molecule has 1 rings (SSSR count). The van der Waals surface area contributed by atoms with E-state index in [-0.39, 0.29) is 5.82 Å². The number of hydrogen-bond donors (Lipinski definition) is 3. The molecule has 1 radical (unpaired) electrons. The Morgan fingerprint density at radius 3 is 2.31 bits per heavy atom. The first-order valence-corrected chi connectivity index (χ1v) is 4.02. The van der Waals surface area contributed by atoms with Crippen LogP contribution in [-0.2, 0) is 0 Å². The molecule has 3 N–H and O–H groups in total. The zero-order valence-electron chi connectivity index (χ0n) is 7.96. The highest BCUT2D eigenvalue weighted by Crippen LogP contribution is 2.27. The average Bonchev–Trinajstić information content (AvgIpc) is 2.16. The Labute approximate surface area is 77.3 Å². The van der Waals surface area contributed by atoms with Crippen LogP contribution < -0.4 is 16.0 Å². The maximum Gasteiger partial charge on any atom is 0.150 e. The highest BCUT2D eigenvalue weighted by atomic mass is 19.1. The molecule has 13 heavy (non-hydrogen) atoms. The first kappa shape index (κ1) is 9.64. The minimum absolute atomic E-state index is 0.296. The first-order valence-electron chi connectivity index (χ1n) is 4.02. The Morgan fingerprint density at radius 1 is 1.15 bits per heavy atom. The maximum atomic E-state index is 13.3. The Kier molecular flexibility index (Phi) is 2.95. The smallest absolute Gasteiger partial charge is 0.150 e. The third-order valence-corrected chi connectivity index (χ3v) is 1.79. The minimum atomic E-state index is -0.296. The molecule has 0 aliphatic carbocycles. The van der Waals surface area contributed by atoms with Crippen molar-refractivity contribution in [3.63, 3.8) is 0 Å². The molecular formula is C9H13FN3. The topological polar surface area (TPSA) is 36.1 Å². The molecule has 0 heterocycles. The van der Waals surface area contributed by atoms with Crippen molar-refractivity contribution in [3.05, 3.63) is 17.9 Å². The lowest BCUT2D eigenvalue weighted by atomic mass is 10.2. The van der Waals surface area contributed by atoms with Gasteiger partial charge in [0.1, 0.15) is 0 Å². The molecule has 0 bridgehead atoms. The standard InChI is InChI=1S/C9H13FN3/c1-11-6-4-7(10)9(13-3)8(5-6)12-2/h4,11-13H,1-3H3. The van der Waals surface area contributed by atoms with Crippen LogP contribution in [0.15, 0.2) is 6.07 Å². The molecular weight excluding hydrogens is 169 g/mol. The lowest BCUT2D eigenvalue weighted by molar-refractivity contribution is 0.632. The number of benzene rings is 1. The normalized spacial score (nSPS) is 9.54. The van der Waals surface area contributed by atoms with Crippen LogP contribution >= 0.6 is 0 Å². The molecule has 3 nitrogen and oxygen atoms in total. The predicted molar refractivity (Wildman–Crippen MR) is 53.9 cm³/mol. The molecule has 0 aliphatic heterocycles. The zero-order chi connectivity index (χ0) is 9.84. The second-order valence-corrected chi connectivity index (χ2v) is 2.53. The minimum Gasteiger partial charge on any atom is -0.387 e. The van der Waals surface area contributed by atoms with Gasteiger partial charge in [0.05, 0.1) is 11.4 Å². The lowest BCUT2D eigenvalue weighted by Gasteiger charge is -2.11. The zero-order valence-corrected chi connectivity index (χ0v) is 7.96. The van der Waals surface area contributed by atoms with Crippen LogP contribution in [0.5, 0.6) is 0 Å². The molecule has 0 unspecified atom stereocenters. The number of nitrogens with one attached hydrogen (secondary N) is 3. The summed E-state index contributed by atoms with van der Waals surface area (Å²) in [7, 11) is 5.13. The molecule has 0 saturated heterocycles. The summed E-state index contributed by atoms with van der Waals surface area (Å²) in [5.74, 6) is -0.296. The van der Waals surface area contributed by atoms with E-state index in [1.54, 1.807) is 21.1 Å². The molecule has 0 fully saturated rings. The molecule has 1 aromatic carbocycles. The van der Waals surface area contributed by atoms with E-state index >= 15 is 0 Å². The molecule has 0 saturated carbocycles. The molecule has 0 aliphatic rings. The Bertz CT molecular complexity index is 299. The van der Waals surface area contributed by atoms with Crippen LogP contribution in [0, 0.1) is 11.9 Å². The number of anilines is 3. The van der Waals surface area contributed by atoms with Crippen LogP contribution in [0.25, 0.3) is 0 Å². The van der Waals surface area contributed by atoms with Gasteiger partial charge in [-0.3, -0.25) is 0 Å². The summed E-state index contributed by atoms with van der Waals surface area (Å²) < 4.78 is 13.3. The quantitative estimate of drug-likeness (QED) is 0.666. The summed E-state index contributed by atoms with van der Waals surface area (Å²) in [6, 6.07) is 4.37. The van der Waals surface area contributed by atoms with Gasteiger partial charge < -0.3 is 16.0 Å². The first-order chi connectivity index (χ1) is 6.22. The third-order valence-electron chi connectivity index (χ3n) is 1.79. The van der Waals surface area contributed by atoms with E-state index in [0.717, 1.165) is 0 Å². The lowest BCUT2D eigenvalue weighted by Crippen LogP contribution is -2.01. The summed E-state index contributed by atoms with van der Waals surface area (Å²) in [5.41, 5.74) is 1.68. The highest BCUT2D eigenvalue weighted by molar-refractivity contribution is 5.73. The van der Waals surface area contributed by atoms with Crippen molar-refractivity contribution in [2.24, 2.45) is 0 Å². The van der Waals surface area contributed by atoms with Gasteiger partial charge in [-0.05, 0) is 6.07 Å². The summed E-state index contributed by atoms with van der Waals surface area (Å²) in [5, 5.41) is 8.46. The van der Waals surface area contributed by atoms with Crippen LogP contribution in [0.4, 0.5) is 21.5 Å². The second-order valence-electron chi connectivity index (χ2n) is 2.53. The van der Waals surface area contributed by atoms with Crippen LogP contribution in [0.3, 0.4) is 0 Å². The van der Waals surface area contributed by atoms with Crippen molar-refractivity contribution in [1.29, 1.82) is 0 Å². The fourth-order valence-corrected chi connectivity index (χ4v) is 1.12. The van der Waals surface area contributed by atoms with Crippen molar-refractivity contribution < 1.29 is 4.39 Å². The maximum absolute atomic E-state index is 13.3. The third kappa shape index (κ3) is 1.83. The number of halogens is 1. The van der Waals surface area contributed by atoms with Crippen LogP contribution in [-0.4, -0.2) is 21.1 Å². The largest absolute Gasteiger partial charge is 0.387 e. The molecule has 4 heteroatoms. The van der Waals surface area contributed by atoms with Crippen molar-refractivity contribution in [2.45, 2.75) is 0 Å². The molecule has 0 atom stereocenters. The van der Waals surface area contributed by atoms with Crippen molar-refractivity contribution >= 4 is 17.1 Å². The summed E-state index contributed by atoms with van der Waals surface area (Å²) in [6.07, 6.45) is 0. The van der Waals surface area contributed by atoms with E-state index in [1.165, 1.54) is 6.07 Å². The molecule has 71 valence electrons. The monoisotopic (exact) mass is 182 g/mol. The summed E-state index contributed by atoms with van der Waals surface area (Å²) >= 11 is 0. The van der Waals surface area contributed by atoms with E-state index < -0.39 is 0 Å². The van der Waals surface area contributed by atoms with Gasteiger partial charge in [0, 0.05) is 32.9 Å². The van der Waals surface area contributed by atoms with E-state index in [0.29, 0.717) is 17.1 Å². The fraction of sp³-hybridized carbons (Fsp3) is 0.333. The molecule has 0 amide bonds. The van der Waals surface area contributed by atoms with E-state index in [1.807, 2.05) is 0 Å². The number of hydrogen-bond acceptors (Lipinski definition) is 3. The Hall–Kier alpha value is -1.45. The molecule has 1 aromatic rings. The van der Waals surface area contributed by atoms with Gasteiger partial charge in [-0.1, -0.05) is 0 Å². The molecule has 0 aromatic heterocycles. The van der Waals surface area contributed by atoms with Gasteiger partial charge >= 0.3 is 0 Å². The van der Waals surface area contributed by atoms with Crippen molar-refractivity contribution in [3.8, 4) is 0 Å². The Balaban J connectivity index is 3.20. The number of rotatable bonds is 3. The predicted octanol–water partition coefficient (Wildman–Crippen LogP) is 1.75. The van der Waals surface area contributed by atoms with Crippen LogP contribution in [0.1, 0.15) is 0 Å². The van der Waals surface area contributed by atoms with E-state index in [9.17, 15) is 4.39 Å². The van der Waals surface area contributed by atoms with Gasteiger partial charge in [0.15, 0.2) is 5.82 Å². The van der Waals surface area contributed by atoms with E-state index in [4.69, 9.17) is 0 Å².